The first-order valence-corrected chi connectivity index (χ1v) is 17.1. The zero-order valence-electron chi connectivity index (χ0n) is 23.5. The van der Waals surface area contributed by atoms with Crippen LogP contribution in [0.3, 0.4) is 0 Å². The lowest BCUT2D eigenvalue weighted by Gasteiger charge is -2.15. The summed E-state index contributed by atoms with van der Waals surface area (Å²) in [6, 6.07) is 15.0. The Morgan fingerprint density at radius 2 is 1.47 bits per heavy atom. The third-order valence-corrected chi connectivity index (χ3v) is 9.82. The predicted molar refractivity (Wildman–Crippen MR) is 169 cm³/mol. The Labute approximate surface area is 276 Å². The molecule has 0 saturated heterocycles. The van der Waals surface area contributed by atoms with Gasteiger partial charge in [-0.3, -0.25) is 18.6 Å². The van der Waals surface area contributed by atoms with Crippen molar-refractivity contribution in [1.82, 2.24) is 34.1 Å². The first kappa shape index (κ1) is 30.4. The minimum atomic E-state index is -4.14. The number of anilines is 2. The highest BCUT2D eigenvalue weighted by atomic mass is 35.5. The van der Waals surface area contributed by atoms with Crippen LogP contribution in [-0.4, -0.2) is 50.9 Å². The molecule has 0 bridgehead atoms. The molecule has 0 saturated carbocycles. The number of nitrogens with one attached hydrogen (secondary N) is 2. The van der Waals surface area contributed by atoms with E-state index in [-0.39, 0.29) is 55.5 Å². The van der Waals surface area contributed by atoms with Crippen LogP contribution in [0, 0.1) is 0 Å². The van der Waals surface area contributed by atoms with Gasteiger partial charge >= 0.3 is 0 Å². The third-order valence-electron chi connectivity index (χ3n) is 6.61. The van der Waals surface area contributed by atoms with Gasteiger partial charge in [0, 0.05) is 41.6 Å². The SMILES string of the molecule is O=S(=O)(Nc1ccc2c(c1)OC(c1nccnc1-n1cncc1S(=O)(=O)Nc1ccc(Cl)cc1)O2)c1cccn1-c1nccc(Cl)n1. The second-order valence-electron chi connectivity index (χ2n) is 9.71. The third kappa shape index (κ3) is 6.03. The number of halogens is 2. The van der Waals surface area contributed by atoms with Crippen LogP contribution < -0.4 is 18.9 Å². The maximum absolute atomic E-state index is 13.4. The molecule has 6 aromatic rings. The van der Waals surface area contributed by atoms with Gasteiger partial charge in [0.15, 0.2) is 33.1 Å². The summed E-state index contributed by atoms with van der Waals surface area (Å²) in [4.78, 5) is 20.9. The molecule has 1 atom stereocenters. The molecule has 2 N–H and O–H groups in total. The molecule has 238 valence electrons. The molecular formula is C28H19Cl2N9O6S2. The predicted octanol–water partition coefficient (Wildman–Crippen LogP) is 4.62. The van der Waals surface area contributed by atoms with E-state index in [1.54, 1.807) is 12.1 Å². The van der Waals surface area contributed by atoms with E-state index in [0.29, 0.717) is 5.02 Å². The Kier molecular flexibility index (Phi) is 7.67. The largest absolute Gasteiger partial charge is 0.445 e. The molecule has 7 rings (SSSR count). The molecule has 0 aliphatic carbocycles. The van der Waals surface area contributed by atoms with Crippen molar-refractivity contribution in [3.63, 3.8) is 0 Å². The molecular weight excluding hydrogens is 693 g/mol. The van der Waals surface area contributed by atoms with Crippen LogP contribution in [0.25, 0.3) is 11.8 Å². The number of hydrogen-bond donors (Lipinski definition) is 2. The molecule has 0 spiro atoms. The highest BCUT2D eigenvalue weighted by Crippen LogP contribution is 2.43. The maximum atomic E-state index is 13.4. The summed E-state index contributed by atoms with van der Waals surface area (Å²) in [5.74, 6) is 0.631. The van der Waals surface area contributed by atoms with Gasteiger partial charge in [0.05, 0.1) is 11.9 Å². The van der Waals surface area contributed by atoms with E-state index in [4.69, 9.17) is 32.7 Å². The van der Waals surface area contributed by atoms with Crippen molar-refractivity contribution in [2.24, 2.45) is 0 Å². The first-order chi connectivity index (χ1) is 22.6. The lowest BCUT2D eigenvalue weighted by Crippen LogP contribution is -2.20. The zero-order valence-corrected chi connectivity index (χ0v) is 26.6. The van der Waals surface area contributed by atoms with Gasteiger partial charge in [0.2, 0.25) is 5.95 Å². The molecule has 1 aliphatic heterocycles. The van der Waals surface area contributed by atoms with Crippen molar-refractivity contribution in [2.75, 3.05) is 9.44 Å². The summed E-state index contributed by atoms with van der Waals surface area (Å²) >= 11 is 11.9. The molecule has 2 aromatic carbocycles. The van der Waals surface area contributed by atoms with Crippen molar-refractivity contribution in [1.29, 1.82) is 0 Å². The molecule has 4 aromatic heterocycles. The fourth-order valence-corrected chi connectivity index (χ4v) is 7.19. The van der Waals surface area contributed by atoms with E-state index in [9.17, 15) is 16.8 Å². The number of aromatic nitrogens is 7. The number of imidazole rings is 1. The molecule has 5 heterocycles. The molecule has 0 radical (unpaired) electrons. The van der Waals surface area contributed by atoms with Crippen molar-refractivity contribution in [3.8, 4) is 23.3 Å². The van der Waals surface area contributed by atoms with Crippen molar-refractivity contribution < 1.29 is 26.3 Å². The number of benzene rings is 2. The molecule has 0 fully saturated rings. The molecule has 1 unspecified atom stereocenters. The number of sulfonamides is 2. The number of rotatable bonds is 9. The van der Waals surface area contributed by atoms with Gasteiger partial charge in [-0.25, -0.2) is 24.9 Å². The second kappa shape index (κ2) is 11.8. The van der Waals surface area contributed by atoms with E-state index in [2.05, 4.69) is 34.4 Å². The number of fused-ring (bicyclic) bond motifs is 1. The minimum Gasteiger partial charge on any atom is -0.445 e. The first-order valence-electron chi connectivity index (χ1n) is 13.4. The van der Waals surface area contributed by atoms with Crippen molar-refractivity contribution in [2.45, 2.75) is 16.3 Å². The van der Waals surface area contributed by atoms with Crippen molar-refractivity contribution >= 4 is 54.6 Å². The standard InChI is InChI=1S/C28H19Cl2N9O6S2/c29-17-3-5-18(6-4-17)36-47(42,43)24-15-31-16-39(24)26-25(32-11-12-33-26)27-44-20-8-7-19(14-21(20)45-27)37-46(40,41)23-2-1-13-38(23)28-34-10-9-22(30)35-28/h1-16,27,36-37H. The Bertz CT molecular complexity index is 2350. The van der Waals surface area contributed by atoms with E-state index < -0.39 is 26.3 Å². The fourth-order valence-electron chi connectivity index (χ4n) is 4.59. The van der Waals surface area contributed by atoms with Gasteiger partial charge in [0.25, 0.3) is 26.3 Å². The van der Waals surface area contributed by atoms with Crippen LogP contribution in [0.2, 0.25) is 10.2 Å². The van der Waals surface area contributed by atoms with Crippen LogP contribution >= 0.6 is 23.2 Å². The quantitative estimate of drug-likeness (QED) is 0.199. The monoisotopic (exact) mass is 711 g/mol. The van der Waals surface area contributed by atoms with E-state index >= 15 is 0 Å². The summed E-state index contributed by atoms with van der Waals surface area (Å²) in [5, 5.41) is 0.242. The summed E-state index contributed by atoms with van der Waals surface area (Å²) in [5.41, 5.74) is 0.589. The highest BCUT2D eigenvalue weighted by molar-refractivity contribution is 7.93. The van der Waals surface area contributed by atoms with Gasteiger partial charge in [-0.05, 0) is 54.6 Å². The molecule has 15 nitrogen and oxygen atoms in total. The number of nitrogens with zero attached hydrogens (tertiary/aromatic N) is 7. The highest BCUT2D eigenvalue weighted by Gasteiger charge is 2.33. The second-order valence-corrected chi connectivity index (χ2v) is 13.8. The maximum Gasteiger partial charge on any atom is 0.288 e. The molecule has 0 amide bonds. The zero-order chi connectivity index (χ0) is 32.8. The Morgan fingerprint density at radius 3 is 2.28 bits per heavy atom. The van der Waals surface area contributed by atoms with Crippen LogP contribution in [-0.2, 0) is 20.0 Å². The molecule has 1 aliphatic rings. The van der Waals surface area contributed by atoms with Gasteiger partial charge < -0.3 is 9.47 Å². The Hall–Kier alpha value is -5.23. The van der Waals surface area contributed by atoms with Gasteiger partial charge in [-0.15, -0.1) is 0 Å². The number of ether oxygens (including phenoxy) is 2. The summed E-state index contributed by atoms with van der Waals surface area (Å²) in [7, 11) is -8.28. The van der Waals surface area contributed by atoms with E-state index in [1.165, 1.54) is 88.8 Å². The minimum absolute atomic E-state index is 0.0733. The lowest BCUT2D eigenvalue weighted by atomic mass is 10.3. The van der Waals surface area contributed by atoms with Crippen molar-refractivity contribution in [3.05, 3.63) is 114 Å². The normalized spacial score (nSPS) is 14.2. The van der Waals surface area contributed by atoms with E-state index in [0.717, 1.165) is 6.20 Å². The molecule has 19 heteroatoms. The topological polar surface area (TPSA) is 185 Å². The van der Waals surface area contributed by atoms with Gasteiger partial charge in [-0.2, -0.15) is 16.8 Å². The molecule has 47 heavy (non-hydrogen) atoms. The number of hydrogen-bond acceptors (Lipinski definition) is 11. The lowest BCUT2D eigenvalue weighted by molar-refractivity contribution is 0.0443. The van der Waals surface area contributed by atoms with Crippen LogP contribution in [0.1, 0.15) is 12.0 Å². The van der Waals surface area contributed by atoms with E-state index in [1.807, 2.05) is 0 Å². The van der Waals surface area contributed by atoms with Crippen LogP contribution in [0.15, 0.2) is 108 Å². The summed E-state index contributed by atoms with van der Waals surface area (Å²) < 4.78 is 72.9. The fraction of sp³-hybridized carbons (Fsp3) is 0.0357. The Morgan fingerprint density at radius 1 is 0.745 bits per heavy atom. The van der Waals surface area contributed by atoms with Gasteiger partial charge in [-0.1, -0.05) is 23.2 Å². The smallest absolute Gasteiger partial charge is 0.288 e. The van der Waals surface area contributed by atoms with Gasteiger partial charge in [0.1, 0.15) is 11.5 Å². The average Bonchev–Trinajstić information content (AvgIpc) is 3.82. The van der Waals surface area contributed by atoms with Crippen LogP contribution in [0.5, 0.6) is 11.5 Å². The Balaban J connectivity index is 1.14. The van der Waals surface area contributed by atoms with Crippen LogP contribution in [0.4, 0.5) is 11.4 Å². The summed E-state index contributed by atoms with van der Waals surface area (Å²) in [6.07, 6.45) is 6.94. The average molecular weight is 713 g/mol. The summed E-state index contributed by atoms with van der Waals surface area (Å²) in [6.45, 7) is 0.